The van der Waals surface area contributed by atoms with Crippen LogP contribution in [0.3, 0.4) is 0 Å². The van der Waals surface area contributed by atoms with Crippen molar-refractivity contribution in [1.29, 1.82) is 0 Å². The fourth-order valence-corrected chi connectivity index (χ4v) is 3.74. The molecular formula is C15H29N3O. The van der Waals surface area contributed by atoms with E-state index in [1.165, 1.54) is 0 Å². The van der Waals surface area contributed by atoms with Crippen molar-refractivity contribution in [2.24, 2.45) is 17.3 Å². The lowest BCUT2D eigenvalue weighted by Crippen LogP contribution is -2.48. The molecule has 0 aromatic rings. The van der Waals surface area contributed by atoms with E-state index < -0.39 is 0 Å². The van der Waals surface area contributed by atoms with Gasteiger partial charge in [0.15, 0.2) is 0 Å². The first kappa shape index (κ1) is 14.8. The molecule has 3 atom stereocenters. The Labute approximate surface area is 117 Å². The zero-order valence-electron chi connectivity index (χ0n) is 13.1. The SMILES string of the molecule is CC1CN(C(=O)C2(C(C)C)CCNC2)CC1N(C)C. The summed E-state index contributed by atoms with van der Waals surface area (Å²) in [5, 5.41) is 3.39. The lowest BCUT2D eigenvalue weighted by molar-refractivity contribution is -0.142. The molecule has 110 valence electrons. The van der Waals surface area contributed by atoms with Crippen molar-refractivity contribution in [2.75, 3.05) is 40.3 Å². The zero-order valence-corrected chi connectivity index (χ0v) is 13.1. The molecule has 3 unspecified atom stereocenters. The molecule has 4 nitrogen and oxygen atoms in total. The standard InChI is InChI=1S/C15H29N3O/c1-11(2)15(6-7-16-10-15)14(19)18-8-12(3)13(9-18)17(4)5/h11-13,16H,6-10H2,1-5H3. The normalized spacial score (nSPS) is 35.6. The van der Waals surface area contributed by atoms with Crippen LogP contribution in [0, 0.1) is 17.3 Å². The van der Waals surface area contributed by atoms with Crippen molar-refractivity contribution < 1.29 is 4.79 Å². The van der Waals surface area contributed by atoms with Gasteiger partial charge in [-0.1, -0.05) is 20.8 Å². The van der Waals surface area contributed by atoms with Gasteiger partial charge in [-0.15, -0.1) is 0 Å². The van der Waals surface area contributed by atoms with Crippen LogP contribution < -0.4 is 5.32 Å². The van der Waals surface area contributed by atoms with Gasteiger partial charge in [-0.25, -0.2) is 0 Å². The highest BCUT2D eigenvalue weighted by molar-refractivity contribution is 5.84. The van der Waals surface area contributed by atoms with Crippen molar-refractivity contribution in [3.05, 3.63) is 0 Å². The first-order chi connectivity index (χ1) is 8.88. The van der Waals surface area contributed by atoms with Crippen molar-refractivity contribution >= 4 is 5.91 Å². The third kappa shape index (κ3) is 2.52. The molecule has 2 aliphatic rings. The van der Waals surface area contributed by atoms with Gasteiger partial charge < -0.3 is 15.1 Å². The van der Waals surface area contributed by atoms with Crippen LogP contribution in [0.15, 0.2) is 0 Å². The molecule has 0 aromatic carbocycles. The fraction of sp³-hybridized carbons (Fsp3) is 0.933. The minimum Gasteiger partial charge on any atom is -0.340 e. The molecule has 0 bridgehead atoms. The van der Waals surface area contributed by atoms with E-state index in [2.05, 4.69) is 50.0 Å². The number of nitrogens with zero attached hydrogens (tertiary/aromatic N) is 2. The van der Waals surface area contributed by atoms with Gasteiger partial charge in [-0.3, -0.25) is 4.79 Å². The predicted molar refractivity (Wildman–Crippen MR) is 78.0 cm³/mol. The van der Waals surface area contributed by atoms with Crippen molar-refractivity contribution in [1.82, 2.24) is 15.1 Å². The molecule has 0 spiro atoms. The van der Waals surface area contributed by atoms with Gasteiger partial charge >= 0.3 is 0 Å². The number of carbonyl (C=O) groups excluding carboxylic acids is 1. The van der Waals surface area contributed by atoms with Gasteiger partial charge in [-0.05, 0) is 38.9 Å². The van der Waals surface area contributed by atoms with E-state index in [4.69, 9.17) is 0 Å². The van der Waals surface area contributed by atoms with Crippen LogP contribution in [-0.4, -0.2) is 62.0 Å². The Hall–Kier alpha value is -0.610. The monoisotopic (exact) mass is 267 g/mol. The largest absolute Gasteiger partial charge is 0.340 e. The summed E-state index contributed by atoms with van der Waals surface area (Å²) in [5.41, 5.74) is -0.166. The molecule has 19 heavy (non-hydrogen) atoms. The molecule has 0 saturated carbocycles. The molecular weight excluding hydrogens is 238 g/mol. The van der Waals surface area contributed by atoms with E-state index in [-0.39, 0.29) is 5.41 Å². The van der Waals surface area contributed by atoms with Gasteiger partial charge in [0.2, 0.25) is 5.91 Å². The van der Waals surface area contributed by atoms with Crippen LogP contribution >= 0.6 is 0 Å². The second-order valence-corrected chi connectivity index (χ2v) is 6.96. The summed E-state index contributed by atoms with van der Waals surface area (Å²) in [4.78, 5) is 17.4. The molecule has 0 aromatic heterocycles. The van der Waals surface area contributed by atoms with Crippen molar-refractivity contribution in [2.45, 2.75) is 33.2 Å². The smallest absolute Gasteiger partial charge is 0.230 e. The maximum atomic E-state index is 13.0. The van der Waals surface area contributed by atoms with Gasteiger partial charge in [-0.2, -0.15) is 0 Å². The summed E-state index contributed by atoms with van der Waals surface area (Å²) in [7, 11) is 4.23. The second kappa shape index (κ2) is 5.41. The van der Waals surface area contributed by atoms with Gasteiger partial charge in [0.25, 0.3) is 0 Å². The van der Waals surface area contributed by atoms with E-state index in [0.29, 0.717) is 23.8 Å². The van der Waals surface area contributed by atoms with E-state index in [9.17, 15) is 4.79 Å². The van der Waals surface area contributed by atoms with Gasteiger partial charge in [0.05, 0.1) is 5.41 Å². The average Bonchev–Trinajstić information content (AvgIpc) is 2.94. The minimum absolute atomic E-state index is 0.166. The minimum atomic E-state index is -0.166. The topological polar surface area (TPSA) is 35.6 Å². The molecule has 0 radical (unpaired) electrons. The Morgan fingerprint density at radius 3 is 2.47 bits per heavy atom. The Bertz CT molecular complexity index is 334. The van der Waals surface area contributed by atoms with Crippen LogP contribution in [0.4, 0.5) is 0 Å². The number of rotatable bonds is 3. The lowest BCUT2D eigenvalue weighted by atomic mass is 9.75. The molecule has 2 rings (SSSR count). The van der Waals surface area contributed by atoms with Gasteiger partial charge in [0, 0.05) is 25.7 Å². The highest BCUT2D eigenvalue weighted by atomic mass is 16.2. The number of hydrogen-bond donors (Lipinski definition) is 1. The first-order valence-corrected chi connectivity index (χ1v) is 7.55. The molecule has 4 heteroatoms. The van der Waals surface area contributed by atoms with E-state index in [0.717, 1.165) is 32.6 Å². The second-order valence-electron chi connectivity index (χ2n) is 6.96. The maximum Gasteiger partial charge on any atom is 0.230 e. The van der Waals surface area contributed by atoms with Crippen LogP contribution in [0.25, 0.3) is 0 Å². The summed E-state index contributed by atoms with van der Waals surface area (Å²) in [6, 6.07) is 0.502. The van der Waals surface area contributed by atoms with Crippen LogP contribution in [0.5, 0.6) is 0 Å². The molecule has 1 N–H and O–H groups in total. The predicted octanol–water partition coefficient (Wildman–Crippen LogP) is 1.03. The highest BCUT2D eigenvalue weighted by Crippen LogP contribution is 2.37. The van der Waals surface area contributed by atoms with E-state index in [1.54, 1.807) is 0 Å². The molecule has 2 saturated heterocycles. The average molecular weight is 267 g/mol. The zero-order chi connectivity index (χ0) is 14.2. The summed E-state index contributed by atoms with van der Waals surface area (Å²) in [6.07, 6.45) is 0.987. The third-order valence-electron chi connectivity index (χ3n) is 5.24. The van der Waals surface area contributed by atoms with Gasteiger partial charge in [0.1, 0.15) is 0 Å². The van der Waals surface area contributed by atoms with Crippen molar-refractivity contribution in [3.63, 3.8) is 0 Å². The Morgan fingerprint density at radius 2 is 2.05 bits per heavy atom. The van der Waals surface area contributed by atoms with Crippen LogP contribution in [0.1, 0.15) is 27.2 Å². The molecule has 2 heterocycles. The number of amides is 1. The summed E-state index contributed by atoms with van der Waals surface area (Å²) in [6.45, 7) is 10.3. The first-order valence-electron chi connectivity index (χ1n) is 7.55. The summed E-state index contributed by atoms with van der Waals surface area (Å²) in [5.74, 6) is 1.35. The summed E-state index contributed by atoms with van der Waals surface area (Å²) >= 11 is 0. The number of likely N-dealkylation sites (N-methyl/N-ethyl adjacent to an activating group) is 1. The number of carbonyl (C=O) groups is 1. The Morgan fingerprint density at radius 1 is 1.37 bits per heavy atom. The molecule has 2 fully saturated rings. The summed E-state index contributed by atoms with van der Waals surface area (Å²) < 4.78 is 0. The number of hydrogen-bond acceptors (Lipinski definition) is 3. The molecule has 1 amide bonds. The Kier molecular flexibility index (Phi) is 4.21. The number of likely N-dealkylation sites (tertiary alicyclic amines) is 1. The fourth-order valence-electron chi connectivity index (χ4n) is 3.74. The van der Waals surface area contributed by atoms with Crippen molar-refractivity contribution in [3.8, 4) is 0 Å². The Balaban J connectivity index is 2.12. The highest BCUT2D eigenvalue weighted by Gasteiger charge is 2.48. The maximum absolute atomic E-state index is 13.0. The van der Waals surface area contributed by atoms with Crippen LogP contribution in [-0.2, 0) is 4.79 Å². The number of nitrogens with one attached hydrogen (secondary N) is 1. The lowest BCUT2D eigenvalue weighted by Gasteiger charge is -2.35. The van der Waals surface area contributed by atoms with Crippen LogP contribution in [0.2, 0.25) is 0 Å². The molecule has 0 aliphatic carbocycles. The third-order valence-corrected chi connectivity index (χ3v) is 5.24. The quantitative estimate of drug-likeness (QED) is 0.829. The van der Waals surface area contributed by atoms with E-state index in [1.807, 2.05) is 0 Å². The van der Waals surface area contributed by atoms with E-state index >= 15 is 0 Å². The molecule has 2 aliphatic heterocycles.